The van der Waals surface area contributed by atoms with E-state index >= 15 is 0 Å². The number of anilines is 2. The number of aryl methyl sites for hydroxylation is 1. The number of carbonyl (C=O) groups is 1. The van der Waals surface area contributed by atoms with E-state index in [1.165, 1.54) is 18.2 Å². The Kier molecular flexibility index (Phi) is 4.47. The molecule has 0 unspecified atom stereocenters. The molecule has 0 radical (unpaired) electrons. The van der Waals surface area contributed by atoms with Crippen LogP contribution < -0.4 is 10.6 Å². The predicted molar refractivity (Wildman–Crippen MR) is 79.1 cm³/mol. The van der Waals surface area contributed by atoms with Crippen LogP contribution in [0.5, 0.6) is 0 Å². The van der Waals surface area contributed by atoms with E-state index in [0.29, 0.717) is 17.3 Å². The van der Waals surface area contributed by atoms with E-state index in [1.54, 1.807) is 19.1 Å². The molecule has 1 aromatic carbocycles. The van der Waals surface area contributed by atoms with E-state index in [2.05, 4.69) is 20.6 Å². The van der Waals surface area contributed by atoms with Crippen molar-refractivity contribution in [3.63, 3.8) is 0 Å². The van der Waals surface area contributed by atoms with Gasteiger partial charge in [-0.05, 0) is 39.0 Å². The van der Waals surface area contributed by atoms with Crippen LogP contribution in [-0.4, -0.2) is 21.9 Å². The number of nitrogens with one attached hydrogen (secondary N) is 2. The summed E-state index contributed by atoms with van der Waals surface area (Å²) in [5.74, 6) is 0.300. The van der Waals surface area contributed by atoms with Crippen molar-refractivity contribution >= 4 is 17.4 Å². The number of nitrogens with zero attached hydrogens (tertiary/aromatic N) is 2. The summed E-state index contributed by atoms with van der Waals surface area (Å²) in [5, 5.41) is 5.73. The van der Waals surface area contributed by atoms with E-state index in [1.807, 2.05) is 13.8 Å². The SMILES string of the molecule is Cc1nc(Nc2cccc(F)c2)cc(C(=O)NC(C)C)n1. The van der Waals surface area contributed by atoms with Crippen molar-refractivity contribution in [2.45, 2.75) is 26.8 Å². The topological polar surface area (TPSA) is 66.9 Å². The minimum atomic E-state index is -0.344. The smallest absolute Gasteiger partial charge is 0.270 e. The van der Waals surface area contributed by atoms with Crippen LogP contribution in [0.1, 0.15) is 30.2 Å². The third kappa shape index (κ3) is 4.24. The number of halogens is 1. The van der Waals surface area contributed by atoms with Crippen LogP contribution in [-0.2, 0) is 0 Å². The van der Waals surface area contributed by atoms with Crippen LogP contribution in [0.15, 0.2) is 30.3 Å². The maximum Gasteiger partial charge on any atom is 0.270 e. The standard InChI is InChI=1S/C15H17FN4O/c1-9(2)17-15(21)13-8-14(19-10(3)18-13)20-12-6-4-5-11(16)7-12/h4-9H,1-3H3,(H,17,21)(H,18,19,20). The number of carbonyl (C=O) groups excluding carboxylic acids is 1. The largest absolute Gasteiger partial charge is 0.349 e. The molecular formula is C15H17FN4O. The van der Waals surface area contributed by atoms with Crippen molar-refractivity contribution in [2.24, 2.45) is 0 Å². The second kappa shape index (κ2) is 6.30. The molecule has 2 aromatic rings. The van der Waals surface area contributed by atoms with Gasteiger partial charge in [0.2, 0.25) is 0 Å². The van der Waals surface area contributed by atoms with E-state index in [0.717, 1.165) is 0 Å². The quantitative estimate of drug-likeness (QED) is 0.908. The zero-order valence-corrected chi connectivity index (χ0v) is 12.1. The Labute approximate surface area is 122 Å². The van der Waals surface area contributed by atoms with Gasteiger partial charge in [0, 0.05) is 17.8 Å². The number of rotatable bonds is 4. The zero-order valence-electron chi connectivity index (χ0n) is 12.1. The molecule has 5 nitrogen and oxygen atoms in total. The molecule has 0 atom stereocenters. The molecule has 1 heterocycles. The first-order valence-corrected chi connectivity index (χ1v) is 6.63. The molecule has 0 aliphatic rings. The predicted octanol–water partition coefficient (Wildman–Crippen LogP) is 2.81. The third-order valence-corrected chi connectivity index (χ3v) is 2.59. The molecule has 0 spiro atoms. The van der Waals surface area contributed by atoms with Gasteiger partial charge in [0.05, 0.1) is 0 Å². The Morgan fingerprint density at radius 3 is 2.67 bits per heavy atom. The molecule has 0 fully saturated rings. The van der Waals surface area contributed by atoms with E-state index in [4.69, 9.17) is 0 Å². The minimum Gasteiger partial charge on any atom is -0.349 e. The van der Waals surface area contributed by atoms with E-state index < -0.39 is 0 Å². The van der Waals surface area contributed by atoms with Gasteiger partial charge in [-0.25, -0.2) is 14.4 Å². The fourth-order valence-corrected chi connectivity index (χ4v) is 1.80. The normalized spacial score (nSPS) is 10.5. The average Bonchev–Trinajstić information content (AvgIpc) is 2.37. The Balaban J connectivity index is 2.24. The summed E-state index contributed by atoms with van der Waals surface area (Å²) in [4.78, 5) is 20.3. The van der Waals surface area contributed by atoms with Gasteiger partial charge in [0.15, 0.2) is 0 Å². The lowest BCUT2D eigenvalue weighted by atomic mass is 10.3. The lowest BCUT2D eigenvalue weighted by molar-refractivity contribution is 0.0937. The minimum absolute atomic E-state index is 0.0207. The lowest BCUT2D eigenvalue weighted by Gasteiger charge is -2.10. The summed E-state index contributed by atoms with van der Waals surface area (Å²) in [6.45, 7) is 5.44. The van der Waals surface area contributed by atoms with Gasteiger partial charge in [0.25, 0.3) is 5.91 Å². The molecule has 6 heteroatoms. The Morgan fingerprint density at radius 1 is 1.24 bits per heavy atom. The first kappa shape index (κ1) is 14.9. The summed E-state index contributed by atoms with van der Waals surface area (Å²) in [6.07, 6.45) is 0. The first-order chi connectivity index (χ1) is 9.94. The highest BCUT2D eigenvalue weighted by molar-refractivity contribution is 5.93. The maximum absolute atomic E-state index is 13.2. The second-order valence-electron chi connectivity index (χ2n) is 4.95. The number of hydrogen-bond donors (Lipinski definition) is 2. The molecule has 0 saturated heterocycles. The average molecular weight is 288 g/mol. The summed E-state index contributed by atoms with van der Waals surface area (Å²) in [6, 6.07) is 7.58. The Bertz CT molecular complexity index is 658. The second-order valence-corrected chi connectivity index (χ2v) is 4.95. The van der Waals surface area contributed by atoms with Crippen LogP contribution in [0.25, 0.3) is 0 Å². The van der Waals surface area contributed by atoms with Crippen LogP contribution in [0.3, 0.4) is 0 Å². The van der Waals surface area contributed by atoms with E-state index in [9.17, 15) is 9.18 Å². The van der Waals surface area contributed by atoms with Gasteiger partial charge in [0.1, 0.15) is 23.2 Å². The summed E-state index contributed by atoms with van der Waals surface area (Å²) < 4.78 is 13.2. The van der Waals surface area contributed by atoms with Crippen molar-refractivity contribution in [3.05, 3.63) is 47.7 Å². The highest BCUT2D eigenvalue weighted by atomic mass is 19.1. The Morgan fingerprint density at radius 2 is 2.00 bits per heavy atom. The van der Waals surface area contributed by atoms with Gasteiger partial charge >= 0.3 is 0 Å². The van der Waals surface area contributed by atoms with E-state index in [-0.39, 0.29) is 23.5 Å². The first-order valence-electron chi connectivity index (χ1n) is 6.63. The van der Waals surface area contributed by atoms with Crippen LogP contribution in [0.2, 0.25) is 0 Å². The van der Waals surface area contributed by atoms with Crippen LogP contribution in [0.4, 0.5) is 15.9 Å². The van der Waals surface area contributed by atoms with Crippen molar-refractivity contribution in [3.8, 4) is 0 Å². The van der Waals surface area contributed by atoms with Gasteiger partial charge in [-0.3, -0.25) is 4.79 Å². The number of hydrogen-bond acceptors (Lipinski definition) is 4. The van der Waals surface area contributed by atoms with Crippen molar-refractivity contribution < 1.29 is 9.18 Å². The molecule has 2 rings (SSSR count). The molecular weight excluding hydrogens is 271 g/mol. The number of aromatic nitrogens is 2. The molecule has 2 N–H and O–H groups in total. The third-order valence-electron chi connectivity index (χ3n) is 2.59. The monoisotopic (exact) mass is 288 g/mol. The van der Waals surface area contributed by atoms with Gasteiger partial charge < -0.3 is 10.6 Å². The highest BCUT2D eigenvalue weighted by Gasteiger charge is 2.11. The van der Waals surface area contributed by atoms with Crippen LogP contribution >= 0.6 is 0 Å². The zero-order chi connectivity index (χ0) is 15.4. The number of benzene rings is 1. The molecule has 0 saturated carbocycles. The molecule has 21 heavy (non-hydrogen) atoms. The molecule has 0 aliphatic carbocycles. The lowest BCUT2D eigenvalue weighted by Crippen LogP contribution is -2.31. The molecule has 0 aliphatic heterocycles. The summed E-state index contributed by atoms with van der Waals surface area (Å²) in [7, 11) is 0. The van der Waals surface area contributed by atoms with Gasteiger partial charge in [-0.2, -0.15) is 0 Å². The van der Waals surface area contributed by atoms with Crippen molar-refractivity contribution in [1.82, 2.24) is 15.3 Å². The highest BCUT2D eigenvalue weighted by Crippen LogP contribution is 2.16. The van der Waals surface area contributed by atoms with Crippen LogP contribution in [0, 0.1) is 12.7 Å². The fraction of sp³-hybridized carbons (Fsp3) is 0.267. The number of amides is 1. The van der Waals surface area contributed by atoms with Crippen molar-refractivity contribution in [1.29, 1.82) is 0 Å². The molecule has 0 bridgehead atoms. The Hall–Kier alpha value is -2.50. The molecule has 1 amide bonds. The summed E-state index contributed by atoms with van der Waals surface area (Å²) in [5.41, 5.74) is 0.832. The van der Waals surface area contributed by atoms with Gasteiger partial charge in [-0.1, -0.05) is 6.07 Å². The molecule has 110 valence electrons. The fourth-order valence-electron chi connectivity index (χ4n) is 1.80. The van der Waals surface area contributed by atoms with Gasteiger partial charge in [-0.15, -0.1) is 0 Å². The van der Waals surface area contributed by atoms with Crippen molar-refractivity contribution in [2.75, 3.05) is 5.32 Å². The summed E-state index contributed by atoms with van der Waals surface area (Å²) >= 11 is 0. The maximum atomic E-state index is 13.2. The molecule has 1 aromatic heterocycles.